The molecule has 0 bridgehead atoms. The third-order valence-electron chi connectivity index (χ3n) is 2.47. The number of halogens is 2. The summed E-state index contributed by atoms with van der Waals surface area (Å²) >= 11 is 6.01. The van der Waals surface area contributed by atoms with Crippen molar-refractivity contribution in [1.82, 2.24) is 19.8 Å². The third-order valence-corrected chi connectivity index (χ3v) is 4.92. The van der Waals surface area contributed by atoms with Crippen LogP contribution in [-0.2, 0) is 0 Å². The molecule has 0 radical (unpaired) electrons. The number of benzene rings is 1. The highest BCUT2D eigenvalue weighted by atomic mass is 127. The number of hydrogen-bond donors (Lipinski definition) is 1. The van der Waals surface area contributed by atoms with E-state index in [1.807, 2.05) is 19.1 Å². The van der Waals surface area contributed by atoms with Crippen molar-refractivity contribution in [2.75, 3.05) is 5.73 Å². The van der Waals surface area contributed by atoms with E-state index in [-0.39, 0.29) is 0 Å². The predicted molar refractivity (Wildman–Crippen MR) is 88.7 cm³/mol. The first-order valence-electron chi connectivity index (χ1n) is 5.00. The molecule has 0 spiro atoms. The highest BCUT2D eigenvalue weighted by Crippen LogP contribution is 2.34. The molecule has 0 atom stereocenters. The van der Waals surface area contributed by atoms with Crippen LogP contribution in [0.4, 0.5) is 5.69 Å². The highest BCUT2D eigenvalue weighted by Gasteiger charge is 2.14. The number of nitrogens with two attached hydrogens (primary N) is 1. The van der Waals surface area contributed by atoms with Crippen molar-refractivity contribution in [2.24, 2.45) is 0 Å². The summed E-state index contributed by atoms with van der Waals surface area (Å²) in [6.45, 7) is 1.88. The zero-order valence-electron chi connectivity index (χ0n) is 9.19. The number of aryl methyl sites for hydroxylation is 1. The lowest BCUT2D eigenvalue weighted by Crippen LogP contribution is -1.96. The normalized spacial score (nSPS) is 11.3. The molecule has 2 N–H and O–H groups in total. The number of anilines is 1. The number of rotatable bonds is 1. The first kappa shape index (κ1) is 12.5. The van der Waals surface area contributed by atoms with Gasteiger partial charge in [0, 0.05) is 12.7 Å². The van der Waals surface area contributed by atoms with E-state index in [9.17, 15) is 0 Å². The molecule has 3 aromatic rings. The van der Waals surface area contributed by atoms with Crippen LogP contribution < -0.4 is 5.73 Å². The van der Waals surface area contributed by atoms with E-state index in [1.54, 1.807) is 4.52 Å². The number of nitrogen functional groups attached to an aromatic ring is 1. The molecule has 0 saturated carbocycles. The number of nitrogens with zero attached hydrogens (tertiary/aromatic N) is 4. The van der Waals surface area contributed by atoms with Crippen molar-refractivity contribution >= 4 is 67.2 Å². The predicted octanol–water partition coefficient (Wildman–Crippen LogP) is 2.95. The van der Waals surface area contributed by atoms with E-state index in [0.29, 0.717) is 0 Å². The van der Waals surface area contributed by atoms with Crippen LogP contribution in [0.15, 0.2) is 12.1 Å². The van der Waals surface area contributed by atoms with E-state index < -0.39 is 0 Å². The first-order valence-corrected chi connectivity index (χ1v) is 7.97. The second-order valence-corrected chi connectivity index (χ2v) is 7.06. The zero-order chi connectivity index (χ0) is 12.9. The standard InChI is InChI=1S/C10H7I2N5S/c1-4-14-15-10-17(4)16-9(18-10)6-2-5(11)3-7(12)8(6)13/h2-3H,13H2,1H3. The van der Waals surface area contributed by atoms with Crippen molar-refractivity contribution in [3.63, 3.8) is 0 Å². The number of fused-ring (bicyclic) bond motifs is 1. The largest absolute Gasteiger partial charge is 0.397 e. The fourth-order valence-corrected chi connectivity index (χ4v) is 4.35. The molecule has 2 heterocycles. The Morgan fingerprint density at radius 3 is 2.78 bits per heavy atom. The van der Waals surface area contributed by atoms with Crippen LogP contribution in [0.5, 0.6) is 0 Å². The second-order valence-electron chi connectivity index (χ2n) is 3.70. The number of hydrogen-bond acceptors (Lipinski definition) is 5. The molecule has 0 fully saturated rings. The molecule has 0 unspecified atom stereocenters. The molecule has 92 valence electrons. The molecule has 0 aliphatic rings. The van der Waals surface area contributed by atoms with Crippen molar-refractivity contribution < 1.29 is 0 Å². The minimum Gasteiger partial charge on any atom is -0.397 e. The highest BCUT2D eigenvalue weighted by molar-refractivity contribution is 14.1. The van der Waals surface area contributed by atoms with Gasteiger partial charge in [-0.15, -0.1) is 10.2 Å². The lowest BCUT2D eigenvalue weighted by molar-refractivity contribution is 0.898. The van der Waals surface area contributed by atoms with Gasteiger partial charge in [0.25, 0.3) is 0 Å². The second kappa shape index (κ2) is 4.56. The lowest BCUT2D eigenvalue weighted by atomic mass is 10.2. The van der Waals surface area contributed by atoms with Crippen molar-refractivity contribution in [2.45, 2.75) is 6.92 Å². The van der Waals surface area contributed by atoms with Gasteiger partial charge in [-0.25, -0.2) is 0 Å². The fourth-order valence-electron chi connectivity index (χ4n) is 1.59. The Hall–Kier alpha value is -0.490. The van der Waals surface area contributed by atoms with Gasteiger partial charge in [0.1, 0.15) is 5.01 Å². The van der Waals surface area contributed by atoms with Gasteiger partial charge in [0.2, 0.25) is 4.96 Å². The van der Waals surface area contributed by atoms with Crippen molar-refractivity contribution in [3.05, 3.63) is 25.1 Å². The topological polar surface area (TPSA) is 69.1 Å². The Morgan fingerprint density at radius 2 is 2.06 bits per heavy atom. The van der Waals surface area contributed by atoms with Crippen LogP contribution in [-0.4, -0.2) is 19.8 Å². The summed E-state index contributed by atoms with van der Waals surface area (Å²) in [5.41, 5.74) is 7.84. The van der Waals surface area contributed by atoms with Crippen LogP contribution in [0.1, 0.15) is 5.82 Å². The molecule has 0 amide bonds. The Morgan fingerprint density at radius 1 is 1.28 bits per heavy atom. The third kappa shape index (κ3) is 1.99. The first-order chi connectivity index (χ1) is 8.56. The average molecular weight is 483 g/mol. The van der Waals surface area contributed by atoms with E-state index in [2.05, 4.69) is 60.5 Å². The van der Waals surface area contributed by atoms with E-state index in [4.69, 9.17) is 5.73 Å². The minimum atomic E-state index is 0.763. The van der Waals surface area contributed by atoms with Crippen molar-refractivity contribution in [3.8, 4) is 10.6 Å². The van der Waals surface area contributed by atoms with E-state index in [0.717, 1.165) is 34.2 Å². The molecule has 8 heteroatoms. The van der Waals surface area contributed by atoms with Gasteiger partial charge in [0.05, 0.1) is 5.69 Å². The maximum Gasteiger partial charge on any atom is 0.234 e. The van der Waals surface area contributed by atoms with E-state index >= 15 is 0 Å². The Balaban J connectivity index is 2.25. The SMILES string of the molecule is Cc1nnc2sc(-c3cc(I)cc(I)c3N)nn12. The van der Waals surface area contributed by atoms with Gasteiger partial charge in [0.15, 0.2) is 5.82 Å². The average Bonchev–Trinajstić information content (AvgIpc) is 2.86. The monoisotopic (exact) mass is 483 g/mol. The summed E-state index contributed by atoms with van der Waals surface area (Å²) in [5, 5.41) is 13.4. The van der Waals surface area contributed by atoms with E-state index in [1.165, 1.54) is 11.3 Å². The van der Waals surface area contributed by atoms with Crippen LogP contribution in [0.3, 0.4) is 0 Å². The fraction of sp³-hybridized carbons (Fsp3) is 0.100. The van der Waals surface area contributed by atoms with Gasteiger partial charge >= 0.3 is 0 Å². The van der Waals surface area contributed by atoms with Crippen molar-refractivity contribution in [1.29, 1.82) is 0 Å². The molecule has 3 rings (SSSR count). The summed E-state index contributed by atoms with van der Waals surface area (Å²) in [6, 6.07) is 4.09. The lowest BCUT2D eigenvalue weighted by Gasteiger charge is -2.05. The molecular formula is C10H7I2N5S. The molecular weight excluding hydrogens is 476 g/mol. The Labute approximate surface area is 134 Å². The summed E-state index contributed by atoms with van der Waals surface area (Å²) < 4.78 is 3.92. The molecule has 1 aromatic carbocycles. The van der Waals surface area contributed by atoms with Crippen LogP contribution in [0.25, 0.3) is 15.5 Å². The molecule has 18 heavy (non-hydrogen) atoms. The molecule has 2 aromatic heterocycles. The van der Waals surface area contributed by atoms with Gasteiger partial charge in [-0.1, -0.05) is 11.3 Å². The Kier molecular flexibility index (Phi) is 3.18. The zero-order valence-corrected chi connectivity index (χ0v) is 14.3. The van der Waals surface area contributed by atoms with Crippen LogP contribution in [0.2, 0.25) is 0 Å². The van der Waals surface area contributed by atoms with Gasteiger partial charge in [-0.3, -0.25) is 0 Å². The maximum absolute atomic E-state index is 6.12. The summed E-state index contributed by atoms with van der Waals surface area (Å²) in [5.74, 6) is 0.784. The van der Waals surface area contributed by atoms with Gasteiger partial charge < -0.3 is 5.73 Å². The maximum atomic E-state index is 6.12. The summed E-state index contributed by atoms with van der Waals surface area (Å²) in [6.07, 6.45) is 0. The summed E-state index contributed by atoms with van der Waals surface area (Å²) in [7, 11) is 0. The van der Waals surface area contributed by atoms with Gasteiger partial charge in [-0.05, 0) is 64.2 Å². The van der Waals surface area contributed by atoms with Crippen LogP contribution >= 0.6 is 56.5 Å². The smallest absolute Gasteiger partial charge is 0.234 e. The van der Waals surface area contributed by atoms with Gasteiger partial charge in [-0.2, -0.15) is 9.61 Å². The molecule has 5 nitrogen and oxygen atoms in total. The molecule has 0 saturated heterocycles. The van der Waals surface area contributed by atoms with Crippen LogP contribution in [0, 0.1) is 14.1 Å². The molecule has 0 aliphatic carbocycles. The molecule has 0 aliphatic heterocycles. The number of aromatic nitrogens is 4. The summed E-state index contributed by atoms with van der Waals surface area (Å²) in [4.78, 5) is 0.788. The Bertz CT molecular complexity index is 748. The minimum absolute atomic E-state index is 0.763. The quantitative estimate of drug-likeness (QED) is 0.427.